The second kappa shape index (κ2) is 3.70. The van der Waals surface area contributed by atoms with Crippen molar-refractivity contribution < 1.29 is 9.90 Å². The van der Waals surface area contributed by atoms with Crippen molar-refractivity contribution in [2.45, 2.75) is 19.3 Å². The Morgan fingerprint density at radius 2 is 2.14 bits per heavy atom. The van der Waals surface area contributed by atoms with Crippen LogP contribution in [0.15, 0.2) is 6.07 Å². The molecule has 1 N–H and O–H groups in total. The Kier molecular flexibility index (Phi) is 2.70. The van der Waals surface area contributed by atoms with Crippen LogP contribution in [0.3, 0.4) is 0 Å². The Labute approximate surface area is 100 Å². The van der Waals surface area contributed by atoms with Gasteiger partial charge in [0.2, 0.25) is 0 Å². The molecule has 0 aliphatic heterocycles. The number of phenols is 1. The Morgan fingerprint density at radius 3 is 2.86 bits per heavy atom. The summed E-state index contributed by atoms with van der Waals surface area (Å²) in [5, 5.41) is 9.94. The number of hydrogen-bond donors (Lipinski definition) is 1. The topological polar surface area (TPSA) is 37.3 Å². The molecule has 1 aliphatic rings. The number of carbonyl (C=O) groups excluding carboxylic acids is 1. The van der Waals surface area contributed by atoms with Gasteiger partial charge in [0.1, 0.15) is 5.75 Å². The van der Waals surface area contributed by atoms with Gasteiger partial charge in [0, 0.05) is 12.0 Å². The molecule has 0 spiro atoms. The van der Waals surface area contributed by atoms with Gasteiger partial charge in [0.05, 0.1) is 8.59 Å². The first-order valence-corrected chi connectivity index (χ1v) is 5.80. The molecule has 1 aliphatic carbocycles. The van der Waals surface area contributed by atoms with E-state index >= 15 is 0 Å². The first-order valence-electron chi connectivity index (χ1n) is 4.34. The molecule has 0 amide bonds. The van der Waals surface area contributed by atoms with Crippen LogP contribution in [0.1, 0.15) is 28.8 Å². The van der Waals surface area contributed by atoms with E-state index < -0.39 is 0 Å². The number of Topliss-reactive ketones (excluding diaryl/α,β-unsaturated/α-hetero) is 1. The lowest BCUT2D eigenvalue weighted by Crippen LogP contribution is -2.11. The van der Waals surface area contributed by atoms with Crippen LogP contribution >= 0.6 is 34.2 Å². The van der Waals surface area contributed by atoms with E-state index in [1.165, 1.54) is 0 Å². The first kappa shape index (κ1) is 10.2. The third kappa shape index (κ3) is 1.52. The highest BCUT2D eigenvalue weighted by Gasteiger charge is 2.22. The van der Waals surface area contributed by atoms with Crippen LogP contribution in [-0.4, -0.2) is 10.9 Å². The van der Waals surface area contributed by atoms with Crippen molar-refractivity contribution in [2.24, 2.45) is 0 Å². The maximum atomic E-state index is 11.6. The van der Waals surface area contributed by atoms with Crippen molar-refractivity contribution in [1.29, 1.82) is 0 Å². The van der Waals surface area contributed by atoms with Crippen molar-refractivity contribution >= 4 is 40.0 Å². The zero-order chi connectivity index (χ0) is 10.3. The molecule has 0 aromatic heterocycles. The molecule has 0 bridgehead atoms. The summed E-state index contributed by atoms with van der Waals surface area (Å²) in [7, 11) is 0. The second-order valence-electron chi connectivity index (χ2n) is 3.32. The summed E-state index contributed by atoms with van der Waals surface area (Å²) in [6.45, 7) is 0. The van der Waals surface area contributed by atoms with Gasteiger partial charge < -0.3 is 5.11 Å². The van der Waals surface area contributed by atoms with Gasteiger partial charge in [0.15, 0.2) is 5.78 Å². The number of aromatic hydroxyl groups is 1. The number of phenolic OH excluding ortho intramolecular Hbond substituents is 1. The van der Waals surface area contributed by atoms with E-state index in [-0.39, 0.29) is 11.5 Å². The quantitative estimate of drug-likeness (QED) is 0.745. The lowest BCUT2D eigenvalue weighted by molar-refractivity contribution is 0.0972. The van der Waals surface area contributed by atoms with Crippen LogP contribution in [-0.2, 0) is 6.42 Å². The number of ketones is 1. The van der Waals surface area contributed by atoms with Gasteiger partial charge in [-0.15, -0.1) is 0 Å². The molecule has 0 heterocycles. The maximum Gasteiger partial charge on any atom is 0.163 e. The van der Waals surface area contributed by atoms with Crippen molar-refractivity contribution in [2.75, 3.05) is 0 Å². The number of carbonyl (C=O) groups is 1. The van der Waals surface area contributed by atoms with Crippen molar-refractivity contribution in [3.8, 4) is 5.75 Å². The van der Waals surface area contributed by atoms with Crippen molar-refractivity contribution in [1.82, 2.24) is 0 Å². The third-order valence-corrected chi connectivity index (χ3v) is 3.66. The number of fused-ring (bicyclic) bond motifs is 1. The van der Waals surface area contributed by atoms with E-state index in [0.717, 1.165) is 18.4 Å². The van der Waals surface area contributed by atoms with Gasteiger partial charge in [-0.25, -0.2) is 0 Å². The molecule has 0 radical (unpaired) electrons. The highest BCUT2D eigenvalue weighted by molar-refractivity contribution is 14.1. The van der Waals surface area contributed by atoms with Crippen LogP contribution in [0.2, 0.25) is 5.02 Å². The molecule has 14 heavy (non-hydrogen) atoms. The fraction of sp³-hybridized carbons (Fsp3) is 0.300. The normalized spacial score (nSPS) is 15.4. The molecule has 0 saturated carbocycles. The maximum absolute atomic E-state index is 11.6. The molecule has 1 aromatic carbocycles. The van der Waals surface area contributed by atoms with Crippen LogP contribution in [0, 0.1) is 3.57 Å². The van der Waals surface area contributed by atoms with Gasteiger partial charge in [0.25, 0.3) is 0 Å². The minimum Gasteiger partial charge on any atom is -0.505 e. The minimum absolute atomic E-state index is 0.0979. The van der Waals surface area contributed by atoms with Crippen LogP contribution < -0.4 is 0 Å². The van der Waals surface area contributed by atoms with Crippen molar-refractivity contribution in [3.05, 3.63) is 25.8 Å². The standard InChI is InChI=1S/C10H8ClIO2/c11-9-5-2-1-3-8(13)6(5)4-7(12)10(9)14/h4,14H,1-3H2. The molecule has 0 atom stereocenters. The lowest BCUT2D eigenvalue weighted by atomic mass is 9.90. The predicted octanol–water partition coefficient (Wildman–Crippen LogP) is 3.17. The van der Waals surface area contributed by atoms with E-state index in [1.807, 2.05) is 22.6 Å². The average molecular weight is 323 g/mol. The Morgan fingerprint density at radius 1 is 1.43 bits per heavy atom. The van der Waals surface area contributed by atoms with Crippen LogP contribution in [0.25, 0.3) is 0 Å². The molecular formula is C10H8ClIO2. The summed E-state index contributed by atoms with van der Waals surface area (Å²) in [5.74, 6) is 0.229. The van der Waals surface area contributed by atoms with Gasteiger partial charge in [-0.3, -0.25) is 4.79 Å². The summed E-state index contributed by atoms with van der Waals surface area (Å²) in [6.07, 6.45) is 2.19. The number of benzene rings is 1. The fourth-order valence-electron chi connectivity index (χ4n) is 1.70. The Balaban J connectivity index is 2.69. The van der Waals surface area contributed by atoms with Crippen LogP contribution in [0.4, 0.5) is 0 Å². The van der Waals surface area contributed by atoms with Gasteiger partial charge in [-0.05, 0) is 47.1 Å². The molecule has 74 valence electrons. The summed E-state index contributed by atoms with van der Waals surface area (Å²) in [5.41, 5.74) is 1.49. The minimum atomic E-state index is 0.0979. The first-order chi connectivity index (χ1) is 6.61. The van der Waals surface area contributed by atoms with E-state index in [0.29, 0.717) is 20.6 Å². The second-order valence-corrected chi connectivity index (χ2v) is 4.86. The Hall–Kier alpha value is -0.290. The molecule has 0 fully saturated rings. The van der Waals surface area contributed by atoms with Crippen molar-refractivity contribution in [3.63, 3.8) is 0 Å². The summed E-state index contributed by atoms with van der Waals surface area (Å²) >= 11 is 7.95. The summed E-state index contributed by atoms with van der Waals surface area (Å²) in [4.78, 5) is 11.6. The number of halogens is 2. The smallest absolute Gasteiger partial charge is 0.163 e. The van der Waals surface area contributed by atoms with E-state index in [2.05, 4.69) is 0 Å². The summed E-state index contributed by atoms with van der Waals surface area (Å²) in [6, 6.07) is 1.72. The SMILES string of the molecule is O=C1CCCc2c1cc(I)c(O)c2Cl. The van der Waals surface area contributed by atoms with Gasteiger partial charge in [-0.2, -0.15) is 0 Å². The monoisotopic (exact) mass is 322 g/mol. The van der Waals surface area contributed by atoms with Gasteiger partial charge >= 0.3 is 0 Å². The third-order valence-electron chi connectivity index (χ3n) is 2.43. The fourth-order valence-corrected chi connectivity index (χ4v) is 2.74. The zero-order valence-electron chi connectivity index (χ0n) is 7.31. The molecule has 2 rings (SSSR count). The predicted molar refractivity (Wildman–Crippen MR) is 63.1 cm³/mol. The molecule has 0 unspecified atom stereocenters. The largest absolute Gasteiger partial charge is 0.505 e. The number of hydrogen-bond acceptors (Lipinski definition) is 2. The molecule has 0 saturated heterocycles. The van der Waals surface area contributed by atoms with Gasteiger partial charge in [-0.1, -0.05) is 11.6 Å². The highest BCUT2D eigenvalue weighted by Crippen LogP contribution is 2.37. The van der Waals surface area contributed by atoms with E-state index in [9.17, 15) is 9.90 Å². The van der Waals surface area contributed by atoms with E-state index in [4.69, 9.17) is 11.6 Å². The average Bonchev–Trinajstić information content (AvgIpc) is 2.17. The molecular weight excluding hydrogens is 314 g/mol. The zero-order valence-corrected chi connectivity index (χ0v) is 10.2. The van der Waals surface area contributed by atoms with Crippen LogP contribution in [0.5, 0.6) is 5.75 Å². The lowest BCUT2D eigenvalue weighted by Gasteiger charge is -2.17. The summed E-state index contributed by atoms with van der Waals surface area (Å²) < 4.78 is 0.640. The number of rotatable bonds is 0. The highest BCUT2D eigenvalue weighted by atomic mass is 127. The van der Waals surface area contributed by atoms with E-state index in [1.54, 1.807) is 6.07 Å². The molecule has 2 nitrogen and oxygen atoms in total. The molecule has 1 aromatic rings. The Bertz CT molecular complexity index is 415. The molecule has 4 heteroatoms.